The lowest BCUT2D eigenvalue weighted by Crippen LogP contribution is -2.14. The summed E-state index contributed by atoms with van der Waals surface area (Å²) < 4.78 is 10.6. The molecule has 0 bridgehead atoms. The molecule has 3 nitrogen and oxygen atoms in total. The predicted octanol–water partition coefficient (Wildman–Crippen LogP) is 4.05. The van der Waals surface area contributed by atoms with Crippen molar-refractivity contribution >= 4 is 0 Å². The first-order chi connectivity index (χ1) is 10.3. The van der Waals surface area contributed by atoms with Crippen molar-refractivity contribution in [1.82, 2.24) is 0 Å². The summed E-state index contributed by atoms with van der Waals surface area (Å²) in [6.45, 7) is 6.61. The van der Waals surface area contributed by atoms with Crippen LogP contribution in [0.2, 0.25) is 0 Å². The molecule has 0 aliphatic heterocycles. The van der Waals surface area contributed by atoms with Crippen LogP contribution in [0.3, 0.4) is 0 Å². The molecule has 22 heavy (non-hydrogen) atoms. The SMILES string of the molecule is COc1cc(OC)cc(C(N)c2ccc(C(C)(C)C)cc2)c1. The fourth-order valence-electron chi connectivity index (χ4n) is 2.39. The van der Waals surface area contributed by atoms with Crippen LogP contribution in [0.4, 0.5) is 0 Å². The van der Waals surface area contributed by atoms with Crippen LogP contribution in [0, 0.1) is 0 Å². The highest BCUT2D eigenvalue weighted by molar-refractivity contribution is 5.43. The Labute approximate surface area is 133 Å². The molecule has 0 radical (unpaired) electrons. The Kier molecular flexibility index (Phi) is 4.77. The molecule has 0 spiro atoms. The van der Waals surface area contributed by atoms with Gasteiger partial charge in [0.05, 0.1) is 20.3 Å². The van der Waals surface area contributed by atoms with E-state index in [0.717, 1.165) is 22.6 Å². The van der Waals surface area contributed by atoms with Gasteiger partial charge in [0.2, 0.25) is 0 Å². The van der Waals surface area contributed by atoms with Crippen molar-refractivity contribution in [3.05, 3.63) is 59.2 Å². The Bertz CT molecular complexity index is 605. The van der Waals surface area contributed by atoms with Gasteiger partial charge in [-0.3, -0.25) is 0 Å². The second-order valence-corrected chi connectivity index (χ2v) is 6.50. The van der Waals surface area contributed by atoms with Gasteiger partial charge in [0.25, 0.3) is 0 Å². The zero-order chi connectivity index (χ0) is 16.3. The highest BCUT2D eigenvalue weighted by Crippen LogP contribution is 2.30. The fraction of sp³-hybridized carbons (Fsp3) is 0.368. The molecule has 0 aliphatic rings. The molecule has 3 heteroatoms. The Morgan fingerprint density at radius 3 is 1.73 bits per heavy atom. The van der Waals surface area contributed by atoms with Gasteiger partial charge in [0.1, 0.15) is 11.5 Å². The Balaban J connectivity index is 2.33. The maximum absolute atomic E-state index is 6.41. The van der Waals surface area contributed by atoms with E-state index < -0.39 is 0 Å². The summed E-state index contributed by atoms with van der Waals surface area (Å²) in [7, 11) is 3.28. The van der Waals surface area contributed by atoms with E-state index in [1.165, 1.54) is 5.56 Å². The van der Waals surface area contributed by atoms with Crippen molar-refractivity contribution in [2.24, 2.45) is 5.73 Å². The molecule has 0 heterocycles. The van der Waals surface area contributed by atoms with Gasteiger partial charge in [0, 0.05) is 6.07 Å². The molecule has 2 N–H and O–H groups in total. The third-order valence-corrected chi connectivity index (χ3v) is 3.87. The molecule has 2 aromatic rings. The minimum atomic E-state index is -0.210. The van der Waals surface area contributed by atoms with Gasteiger partial charge in [-0.15, -0.1) is 0 Å². The first-order valence-electron chi connectivity index (χ1n) is 7.44. The minimum absolute atomic E-state index is 0.141. The van der Waals surface area contributed by atoms with E-state index in [4.69, 9.17) is 15.2 Å². The summed E-state index contributed by atoms with van der Waals surface area (Å²) in [5.41, 5.74) is 9.89. The first-order valence-corrected chi connectivity index (χ1v) is 7.44. The zero-order valence-electron chi connectivity index (χ0n) is 14.0. The van der Waals surface area contributed by atoms with Crippen LogP contribution in [-0.4, -0.2) is 14.2 Å². The predicted molar refractivity (Wildman–Crippen MR) is 90.7 cm³/mol. The van der Waals surface area contributed by atoms with Crippen molar-refractivity contribution in [2.45, 2.75) is 32.2 Å². The molecule has 0 saturated carbocycles. The lowest BCUT2D eigenvalue weighted by molar-refractivity contribution is 0.393. The van der Waals surface area contributed by atoms with E-state index >= 15 is 0 Å². The molecule has 1 atom stereocenters. The van der Waals surface area contributed by atoms with Gasteiger partial charge in [0.15, 0.2) is 0 Å². The summed E-state index contributed by atoms with van der Waals surface area (Å²) in [6, 6.07) is 14.0. The first kappa shape index (κ1) is 16.4. The number of hydrogen-bond acceptors (Lipinski definition) is 3. The molecule has 118 valence electrons. The lowest BCUT2D eigenvalue weighted by atomic mass is 9.86. The van der Waals surface area contributed by atoms with Gasteiger partial charge in [-0.2, -0.15) is 0 Å². The molecule has 0 amide bonds. The van der Waals surface area contributed by atoms with Crippen molar-refractivity contribution in [2.75, 3.05) is 14.2 Å². The van der Waals surface area contributed by atoms with Crippen LogP contribution in [-0.2, 0) is 5.41 Å². The number of benzene rings is 2. The quantitative estimate of drug-likeness (QED) is 0.926. The van der Waals surface area contributed by atoms with Crippen molar-refractivity contribution in [3.8, 4) is 11.5 Å². The van der Waals surface area contributed by atoms with Gasteiger partial charge in [-0.1, -0.05) is 45.0 Å². The largest absolute Gasteiger partial charge is 0.497 e. The summed E-state index contributed by atoms with van der Waals surface area (Å²) in [6.07, 6.45) is 0. The van der Waals surface area contributed by atoms with E-state index in [2.05, 4.69) is 45.0 Å². The van der Waals surface area contributed by atoms with Gasteiger partial charge < -0.3 is 15.2 Å². The number of ether oxygens (including phenoxy) is 2. The average molecular weight is 299 g/mol. The van der Waals surface area contributed by atoms with Crippen molar-refractivity contribution < 1.29 is 9.47 Å². The topological polar surface area (TPSA) is 44.5 Å². The van der Waals surface area contributed by atoms with Gasteiger partial charge >= 0.3 is 0 Å². The molecule has 0 fully saturated rings. The van der Waals surface area contributed by atoms with Crippen LogP contribution >= 0.6 is 0 Å². The molecular formula is C19H25NO2. The molecule has 2 rings (SSSR count). The number of methoxy groups -OCH3 is 2. The summed E-state index contributed by atoms with van der Waals surface area (Å²) >= 11 is 0. The Morgan fingerprint density at radius 2 is 1.32 bits per heavy atom. The van der Waals surface area contributed by atoms with E-state index in [9.17, 15) is 0 Å². The highest BCUT2D eigenvalue weighted by atomic mass is 16.5. The van der Waals surface area contributed by atoms with Crippen LogP contribution in [0.1, 0.15) is 43.5 Å². The van der Waals surface area contributed by atoms with Gasteiger partial charge in [-0.25, -0.2) is 0 Å². The average Bonchev–Trinajstić information content (AvgIpc) is 2.52. The van der Waals surface area contributed by atoms with Crippen LogP contribution in [0.15, 0.2) is 42.5 Å². The normalized spacial score (nSPS) is 12.8. The highest BCUT2D eigenvalue weighted by Gasteiger charge is 2.16. The molecule has 2 aromatic carbocycles. The minimum Gasteiger partial charge on any atom is -0.497 e. The lowest BCUT2D eigenvalue weighted by Gasteiger charge is -2.20. The zero-order valence-corrected chi connectivity index (χ0v) is 14.0. The number of nitrogens with two attached hydrogens (primary N) is 1. The maximum Gasteiger partial charge on any atom is 0.122 e. The number of rotatable bonds is 4. The third-order valence-electron chi connectivity index (χ3n) is 3.87. The van der Waals surface area contributed by atoms with Crippen LogP contribution in [0.25, 0.3) is 0 Å². The van der Waals surface area contributed by atoms with Crippen LogP contribution in [0.5, 0.6) is 11.5 Å². The summed E-state index contributed by atoms with van der Waals surface area (Å²) in [4.78, 5) is 0. The fourth-order valence-corrected chi connectivity index (χ4v) is 2.39. The molecule has 0 saturated heterocycles. The summed E-state index contributed by atoms with van der Waals surface area (Å²) in [5, 5.41) is 0. The molecule has 0 aliphatic carbocycles. The monoisotopic (exact) mass is 299 g/mol. The molecule has 0 aromatic heterocycles. The Morgan fingerprint density at radius 1 is 0.818 bits per heavy atom. The Hall–Kier alpha value is -2.00. The van der Waals surface area contributed by atoms with E-state index in [1.807, 2.05) is 18.2 Å². The molecule has 1 unspecified atom stereocenters. The standard InChI is InChI=1S/C19H25NO2/c1-19(2,3)15-8-6-13(7-9-15)18(20)14-10-16(21-4)12-17(11-14)22-5/h6-12,18H,20H2,1-5H3. The second-order valence-electron chi connectivity index (χ2n) is 6.50. The summed E-state index contributed by atoms with van der Waals surface area (Å²) in [5.74, 6) is 1.49. The third kappa shape index (κ3) is 3.60. The van der Waals surface area contributed by atoms with E-state index in [-0.39, 0.29) is 11.5 Å². The van der Waals surface area contributed by atoms with Gasteiger partial charge in [-0.05, 0) is 34.2 Å². The van der Waals surface area contributed by atoms with Crippen molar-refractivity contribution in [3.63, 3.8) is 0 Å². The smallest absolute Gasteiger partial charge is 0.122 e. The van der Waals surface area contributed by atoms with E-state index in [0.29, 0.717) is 0 Å². The maximum atomic E-state index is 6.41. The molecular weight excluding hydrogens is 274 g/mol. The van der Waals surface area contributed by atoms with E-state index in [1.54, 1.807) is 14.2 Å². The van der Waals surface area contributed by atoms with Crippen molar-refractivity contribution in [1.29, 1.82) is 0 Å². The number of hydrogen-bond donors (Lipinski definition) is 1. The van der Waals surface area contributed by atoms with Crippen LogP contribution < -0.4 is 15.2 Å². The second kappa shape index (κ2) is 6.41.